The lowest BCUT2D eigenvalue weighted by atomic mass is 10.0. The third-order valence-corrected chi connectivity index (χ3v) is 7.98. The van der Waals surface area contributed by atoms with Crippen molar-refractivity contribution in [1.29, 1.82) is 0 Å². The van der Waals surface area contributed by atoms with Crippen molar-refractivity contribution < 1.29 is 8.95 Å². The van der Waals surface area contributed by atoms with Gasteiger partial charge in [0.05, 0.1) is 50.5 Å². The molecule has 1 aliphatic rings. The predicted molar refractivity (Wildman–Crippen MR) is 134 cm³/mol. The second-order valence-corrected chi connectivity index (χ2v) is 10.9. The van der Waals surface area contributed by atoms with Crippen LogP contribution in [0, 0.1) is 6.92 Å². The average Bonchev–Trinajstić information content (AvgIpc) is 2.82. The van der Waals surface area contributed by atoms with Crippen LogP contribution in [0.5, 0.6) is 0 Å². The minimum absolute atomic E-state index is 0.0691. The molecule has 1 saturated heterocycles. The van der Waals surface area contributed by atoms with Gasteiger partial charge in [0.1, 0.15) is 0 Å². The molecule has 8 nitrogen and oxygen atoms in total. The summed E-state index contributed by atoms with van der Waals surface area (Å²) in [6.07, 6.45) is 1.64. The molecule has 0 saturated carbocycles. The number of rotatable bonds is 5. The average molecular weight is 470 g/mol. The molecule has 1 unspecified atom stereocenters. The molecule has 1 N–H and O–H groups in total. The molecule has 3 aromatic rings. The van der Waals surface area contributed by atoms with Gasteiger partial charge < -0.3 is 15.0 Å². The Morgan fingerprint density at radius 3 is 2.61 bits per heavy atom. The lowest BCUT2D eigenvalue weighted by Crippen LogP contribution is -2.40. The molecule has 1 aromatic heterocycles. The van der Waals surface area contributed by atoms with Gasteiger partial charge in [-0.1, -0.05) is 18.2 Å². The number of anilines is 2. The molecule has 2 atom stereocenters. The normalized spacial score (nSPS) is 16.9. The van der Waals surface area contributed by atoms with Gasteiger partial charge in [0.2, 0.25) is 5.95 Å². The maximum absolute atomic E-state index is 13.3. The lowest BCUT2D eigenvalue weighted by Gasteiger charge is -2.29. The highest BCUT2D eigenvalue weighted by molar-refractivity contribution is 7.93. The first-order chi connectivity index (χ1) is 15.7. The predicted octanol–water partition coefficient (Wildman–Crippen LogP) is 3.34. The number of fused-ring (bicyclic) bond motifs is 1. The molecule has 1 aliphatic heterocycles. The van der Waals surface area contributed by atoms with Gasteiger partial charge in [-0.05, 0) is 37.6 Å². The van der Waals surface area contributed by atoms with E-state index in [1.807, 2.05) is 44.2 Å². The topological polar surface area (TPSA) is 88.8 Å². The zero-order chi connectivity index (χ0) is 23.8. The number of nitrogens with zero attached hydrogens (tertiary/aromatic N) is 4. The second-order valence-electron chi connectivity index (χ2n) is 8.47. The molecule has 2 aromatic carbocycles. The van der Waals surface area contributed by atoms with Crippen LogP contribution in [-0.4, -0.2) is 53.4 Å². The minimum Gasteiger partial charge on any atom is -0.378 e. The summed E-state index contributed by atoms with van der Waals surface area (Å²) in [7, 11) is 0.826. The summed E-state index contributed by atoms with van der Waals surface area (Å²) in [5.74, 6) is 0.648. The second kappa shape index (κ2) is 9.15. The van der Waals surface area contributed by atoms with Gasteiger partial charge in [0, 0.05) is 39.0 Å². The molecular weight excluding hydrogens is 438 g/mol. The SMILES string of the molecule is CN=S(C)(=O)c1ccccc1N[C@H](C)c1cc(C)cc2c(=O)n(C)c(N3CCOCC3)nc12. The summed E-state index contributed by atoms with van der Waals surface area (Å²) in [5.41, 5.74) is 3.28. The Bertz CT molecular complexity index is 1370. The van der Waals surface area contributed by atoms with Crippen LogP contribution in [0.3, 0.4) is 0 Å². The molecule has 176 valence electrons. The summed E-state index contributed by atoms with van der Waals surface area (Å²) in [6, 6.07) is 11.3. The summed E-state index contributed by atoms with van der Waals surface area (Å²) in [4.78, 5) is 21.0. The monoisotopic (exact) mass is 469 g/mol. The molecule has 0 aliphatic carbocycles. The molecule has 0 bridgehead atoms. The van der Waals surface area contributed by atoms with Crippen LogP contribution < -0.4 is 15.8 Å². The fourth-order valence-electron chi connectivity index (χ4n) is 4.24. The molecule has 2 heterocycles. The van der Waals surface area contributed by atoms with Crippen molar-refractivity contribution in [2.75, 3.05) is 49.8 Å². The van der Waals surface area contributed by atoms with E-state index in [1.165, 1.54) is 0 Å². The van der Waals surface area contributed by atoms with Crippen molar-refractivity contribution in [2.24, 2.45) is 11.4 Å². The van der Waals surface area contributed by atoms with E-state index in [0.29, 0.717) is 48.1 Å². The first-order valence-electron chi connectivity index (χ1n) is 11.0. The highest BCUT2D eigenvalue weighted by Gasteiger charge is 2.21. The van der Waals surface area contributed by atoms with Gasteiger partial charge in [-0.15, -0.1) is 0 Å². The van der Waals surface area contributed by atoms with Crippen LogP contribution in [0.4, 0.5) is 11.6 Å². The van der Waals surface area contributed by atoms with Crippen molar-refractivity contribution in [3.63, 3.8) is 0 Å². The van der Waals surface area contributed by atoms with Gasteiger partial charge in [0.15, 0.2) is 0 Å². The third-order valence-electron chi connectivity index (χ3n) is 6.11. The first kappa shape index (κ1) is 23.3. The molecule has 4 rings (SSSR count). The summed E-state index contributed by atoms with van der Waals surface area (Å²) < 4.78 is 24.2. The minimum atomic E-state index is -2.52. The van der Waals surface area contributed by atoms with Crippen molar-refractivity contribution in [2.45, 2.75) is 24.8 Å². The van der Waals surface area contributed by atoms with Crippen LogP contribution in [0.15, 0.2) is 50.5 Å². The standard InChI is InChI=1S/C24H31N5O3S/c1-16-14-18(17(2)26-20-8-6-7-9-21(20)33(5,31)25-3)22-19(15-16)23(30)28(4)24(27-22)29-10-12-32-13-11-29/h6-9,14-15,17,26H,10-13H2,1-5H3/t17-,33?/m1/s1. The Kier molecular flexibility index (Phi) is 6.45. The van der Waals surface area contributed by atoms with Gasteiger partial charge in [-0.25, -0.2) is 13.6 Å². The largest absolute Gasteiger partial charge is 0.378 e. The van der Waals surface area contributed by atoms with Crippen molar-refractivity contribution in [3.8, 4) is 0 Å². The molecule has 33 heavy (non-hydrogen) atoms. The number of benzene rings is 2. The fourth-order valence-corrected chi connectivity index (χ4v) is 5.31. The van der Waals surface area contributed by atoms with Crippen molar-refractivity contribution in [1.82, 2.24) is 9.55 Å². The number of hydrogen-bond acceptors (Lipinski definition) is 7. The number of aromatic nitrogens is 2. The van der Waals surface area contributed by atoms with Crippen molar-refractivity contribution in [3.05, 3.63) is 57.9 Å². The van der Waals surface area contributed by atoms with E-state index in [2.05, 4.69) is 20.6 Å². The van der Waals surface area contributed by atoms with Crippen LogP contribution in [0.2, 0.25) is 0 Å². The van der Waals surface area contributed by atoms with E-state index in [1.54, 1.807) is 24.9 Å². The van der Waals surface area contributed by atoms with Crippen molar-refractivity contribution >= 4 is 32.3 Å². The van der Waals surface area contributed by atoms with Crippen LogP contribution in [0.1, 0.15) is 24.1 Å². The Morgan fingerprint density at radius 1 is 1.21 bits per heavy atom. The van der Waals surface area contributed by atoms with Crippen LogP contribution in [-0.2, 0) is 21.5 Å². The molecule has 0 radical (unpaired) electrons. The van der Waals surface area contributed by atoms with Gasteiger partial charge in [0.25, 0.3) is 5.56 Å². The smallest absolute Gasteiger partial charge is 0.262 e. The third kappa shape index (κ3) is 4.47. The molecule has 0 spiro atoms. The highest BCUT2D eigenvalue weighted by atomic mass is 32.2. The van der Waals surface area contributed by atoms with E-state index in [0.717, 1.165) is 16.8 Å². The molecule has 1 fully saturated rings. The van der Waals surface area contributed by atoms with E-state index in [4.69, 9.17) is 9.72 Å². The van der Waals surface area contributed by atoms with E-state index in [9.17, 15) is 9.00 Å². The maximum Gasteiger partial charge on any atom is 0.262 e. The van der Waals surface area contributed by atoms with Gasteiger partial charge in [-0.2, -0.15) is 0 Å². The number of aryl methyl sites for hydroxylation is 1. The van der Waals surface area contributed by atoms with E-state index < -0.39 is 9.73 Å². The Balaban J connectivity index is 1.84. The summed E-state index contributed by atoms with van der Waals surface area (Å²) >= 11 is 0. The first-order valence-corrected chi connectivity index (χ1v) is 12.9. The molecule has 9 heteroatoms. The summed E-state index contributed by atoms with van der Waals surface area (Å²) in [5, 5.41) is 4.09. The Labute approximate surface area is 194 Å². The summed E-state index contributed by atoms with van der Waals surface area (Å²) in [6.45, 7) is 6.62. The number of nitrogens with one attached hydrogen (secondary N) is 1. The molecule has 0 amide bonds. The Hall–Kier alpha value is -2.91. The highest BCUT2D eigenvalue weighted by Crippen LogP contribution is 2.30. The van der Waals surface area contributed by atoms with E-state index >= 15 is 0 Å². The number of morpholine rings is 1. The number of para-hydroxylation sites is 1. The van der Waals surface area contributed by atoms with E-state index in [-0.39, 0.29) is 11.6 Å². The van der Waals surface area contributed by atoms with Gasteiger partial charge in [-0.3, -0.25) is 9.36 Å². The number of ether oxygens (including phenoxy) is 1. The number of hydrogen-bond donors (Lipinski definition) is 1. The van der Waals surface area contributed by atoms with Crippen LogP contribution in [0.25, 0.3) is 10.9 Å². The molecular formula is C24H31N5O3S. The fraction of sp³-hybridized carbons (Fsp3) is 0.417. The zero-order valence-corrected chi connectivity index (χ0v) is 20.6. The maximum atomic E-state index is 13.3. The lowest BCUT2D eigenvalue weighted by molar-refractivity contribution is 0.121. The van der Waals surface area contributed by atoms with Gasteiger partial charge >= 0.3 is 0 Å². The van der Waals surface area contributed by atoms with Crippen LogP contribution >= 0.6 is 0 Å². The quantitative estimate of drug-likeness (QED) is 0.617. The zero-order valence-electron chi connectivity index (χ0n) is 19.8. The Morgan fingerprint density at radius 2 is 1.91 bits per heavy atom.